The predicted molar refractivity (Wildman–Crippen MR) is 84.1 cm³/mol. The highest BCUT2D eigenvalue weighted by molar-refractivity contribution is 7.19. The Kier molecular flexibility index (Phi) is 3.49. The lowest BCUT2D eigenvalue weighted by Crippen LogP contribution is -2.28. The molecule has 1 fully saturated rings. The molecule has 2 aromatic heterocycles. The molecule has 1 aliphatic heterocycles. The maximum absolute atomic E-state index is 13.7. The van der Waals surface area contributed by atoms with Crippen LogP contribution in [0.1, 0.15) is 23.3 Å². The van der Waals surface area contributed by atoms with Gasteiger partial charge in [-0.25, -0.2) is 18.7 Å². The van der Waals surface area contributed by atoms with E-state index in [0.717, 1.165) is 59.1 Å². The van der Waals surface area contributed by atoms with Crippen LogP contribution >= 0.6 is 11.3 Å². The first-order valence-corrected chi connectivity index (χ1v) is 8.54. The summed E-state index contributed by atoms with van der Waals surface area (Å²) in [5.41, 5.74) is 1.48. The summed E-state index contributed by atoms with van der Waals surface area (Å²) in [6, 6.07) is 0. The number of thiophene rings is 1. The summed E-state index contributed by atoms with van der Waals surface area (Å²) in [5, 5.41) is 3.37. The Morgan fingerprint density at radius 2 is 2.14 bits per heavy atom. The number of halogens is 2. The van der Waals surface area contributed by atoms with E-state index < -0.39 is 5.92 Å². The lowest BCUT2D eigenvalue weighted by molar-refractivity contribution is -0.0113. The maximum Gasteiger partial charge on any atom is 0.252 e. The van der Waals surface area contributed by atoms with Gasteiger partial charge in [-0.15, -0.1) is 11.3 Å². The quantitative estimate of drug-likeness (QED) is 0.875. The van der Waals surface area contributed by atoms with Crippen LogP contribution in [0.5, 0.6) is 0 Å². The van der Waals surface area contributed by atoms with E-state index in [1.165, 1.54) is 6.33 Å². The third-order valence-electron chi connectivity index (χ3n) is 4.43. The highest BCUT2D eigenvalue weighted by atomic mass is 32.1. The smallest absolute Gasteiger partial charge is 0.252 e. The highest BCUT2D eigenvalue weighted by Crippen LogP contribution is 2.43. The van der Waals surface area contributed by atoms with Crippen molar-refractivity contribution in [2.45, 2.75) is 31.6 Å². The summed E-state index contributed by atoms with van der Waals surface area (Å²) >= 11 is 1.61. The van der Waals surface area contributed by atoms with Crippen LogP contribution in [0.15, 0.2) is 6.33 Å². The van der Waals surface area contributed by atoms with Gasteiger partial charge in [-0.3, -0.25) is 0 Å². The van der Waals surface area contributed by atoms with Crippen molar-refractivity contribution < 1.29 is 8.78 Å². The molecule has 118 valence electrons. The molecule has 4 nitrogen and oxygen atoms in total. The molecule has 7 heteroatoms. The van der Waals surface area contributed by atoms with E-state index in [-0.39, 0.29) is 12.8 Å². The molecule has 22 heavy (non-hydrogen) atoms. The minimum atomic E-state index is -2.60. The molecular formula is C15H18F2N4S. The molecule has 0 spiro atoms. The van der Waals surface area contributed by atoms with Crippen LogP contribution in [0, 0.1) is 0 Å². The van der Waals surface area contributed by atoms with E-state index in [9.17, 15) is 8.78 Å². The Morgan fingerprint density at radius 3 is 3.05 bits per heavy atom. The Bertz CT molecular complexity index is 692. The molecule has 0 radical (unpaired) electrons. The second-order valence-electron chi connectivity index (χ2n) is 6.00. The van der Waals surface area contributed by atoms with Gasteiger partial charge in [0.1, 0.15) is 12.1 Å². The van der Waals surface area contributed by atoms with Crippen LogP contribution in [0.3, 0.4) is 0 Å². The number of fused-ring (bicyclic) bond motifs is 3. The molecule has 0 saturated carbocycles. The Hall–Kier alpha value is -1.34. The van der Waals surface area contributed by atoms with Crippen LogP contribution in [-0.2, 0) is 12.8 Å². The SMILES string of the molecule is FC1(F)CCc2sc3c(N4CCCNCC4)ncnc3c2C1. The van der Waals surface area contributed by atoms with Crippen LogP contribution in [0.2, 0.25) is 0 Å². The first-order valence-electron chi connectivity index (χ1n) is 7.73. The van der Waals surface area contributed by atoms with E-state index >= 15 is 0 Å². The number of nitrogens with one attached hydrogen (secondary N) is 1. The monoisotopic (exact) mass is 324 g/mol. The number of alkyl halides is 2. The van der Waals surface area contributed by atoms with E-state index in [2.05, 4.69) is 20.2 Å². The van der Waals surface area contributed by atoms with Gasteiger partial charge in [0.05, 0.1) is 10.2 Å². The molecule has 2 aromatic rings. The molecule has 0 aromatic carbocycles. The van der Waals surface area contributed by atoms with Crippen molar-refractivity contribution >= 4 is 27.4 Å². The Morgan fingerprint density at radius 1 is 1.23 bits per heavy atom. The number of rotatable bonds is 1. The first kappa shape index (κ1) is 14.3. The summed E-state index contributed by atoms with van der Waals surface area (Å²) in [6.45, 7) is 3.77. The number of aryl methyl sites for hydroxylation is 1. The topological polar surface area (TPSA) is 41.0 Å². The average molecular weight is 324 g/mol. The van der Waals surface area contributed by atoms with Crippen molar-refractivity contribution in [1.82, 2.24) is 15.3 Å². The Labute approximate surface area is 131 Å². The Balaban J connectivity index is 1.79. The van der Waals surface area contributed by atoms with Gasteiger partial charge in [0, 0.05) is 37.4 Å². The van der Waals surface area contributed by atoms with Crippen molar-refractivity contribution in [3.63, 3.8) is 0 Å². The standard InChI is InChI=1S/C15H18F2N4S/c16-15(17)3-2-11-10(8-15)12-13(22-11)14(20-9-19-12)21-6-1-4-18-5-7-21/h9,18H,1-8H2. The lowest BCUT2D eigenvalue weighted by atomic mass is 9.95. The minimum Gasteiger partial charge on any atom is -0.354 e. The maximum atomic E-state index is 13.7. The van der Waals surface area contributed by atoms with Crippen molar-refractivity contribution in [3.8, 4) is 0 Å². The summed E-state index contributed by atoms with van der Waals surface area (Å²) in [4.78, 5) is 12.1. The molecule has 0 amide bonds. The minimum absolute atomic E-state index is 0.0524. The molecule has 3 heterocycles. The normalized spacial score (nSPS) is 21.6. The van der Waals surface area contributed by atoms with Gasteiger partial charge in [-0.2, -0.15) is 0 Å². The van der Waals surface area contributed by atoms with Gasteiger partial charge in [0.25, 0.3) is 5.92 Å². The summed E-state index contributed by atoms with van der Waals surface area (Å²) in [6.07, 6.45) is 2.80. The molecule has 1 N–H and O–H groups in total. The molecule has 0 bridgehead atoms. The van der Waals surface area contributed by atoms with E-state index in [0.29, 0.717) is 6.42 Å². The molecule has 0 unspecified atom stereocenters. The zero-order valence-electron chi connectivity index (χ0n) is 12.2. The van der Waals surface area contributed by atoms with Crippen LogP contribution in [-0.4, -0.2) is 42.1 Å². The number of aromatic nitrogens is 2. The average Bonchev–Trinajstić information content (AvgIpc) is 2.69. The number of anilines is 1. The van der Waals surface area contributed by atoms with Gasteiger partial charge in [-0.1, -0.05) is 0 Å². The molecule has 0 atom stereocenters. The van der Waals surface area contributed by atoms with Gasteiger partial charge in [-0.05, 0) is 24.9 Å². The van der Waals surface area contributed by atoms with Gasteiger partial charge >= 0.3 is 0 Å². The molecule has 4 rings (SSSR count). The van der Waals surface area contributed by atoms with E-state index in [1.807, 2.05) is 0 Å². The predicted octanol–water partition coefficient (Wildman–Crippen LogP) is 2.62. The number of nitrogens with zero attached hydrogens (tertiary/aromatic N) is 3. The van der Waals surface area contributed by atoms with Gasteiger partial charge in [0.2, 0.25) is 0 Å². The first-order chi connectivity index (χ1) is 10.6. The fraction of sp³-hybridized carbons (Fsp3) is 0.600. The third-order valence-corrected chi connectivity index (χ3v) is 5.70. The number of hydrogen-bond acceptors (Lipinski definition) is 5. The largest absolute Gasteiger partial charge is 0.354 e. The third kappa shape index (κ3) is 2.46. The fourth-order valence-electron chi connectivity index (χ4n) is 3.30. The molecule has 1 saturated heterocycles. The fourth-order valence-corrected chi connectivity index (χ4v) is 4.59. The van der Waals surface area contributed by atoms with Gasteiger partial charge < -0.3 is 10.2 Å². The molecular weight excluding hydrogens is 306 g/mol. The number of hydrogen-bond donors (Lipinski definition) is 1. The second-order valence-corrected chi connectivity index (χ2v) is 7.11. The lowest BCUT2D eigenvalue weighted by Gasteiger charge is -2.22. The van der Waals surface area contributed by atoms with Crippen LogP contribution in [0.25, 0.3) is 10.2 Å². The summed E-state index contributed by atoms with van der Waals surface area (Å²) < 4.78 is 28.5. The van der Waals surface area contributed by atoms with Crippen molar-refractivity contribution in [1.29, 1.82) is 0 Å². The van der Waals surface area contributed by atoms with Crippen LogP contribution < -0.4 is 10.2 Å². The van der Waals surface area contributed by atoms with Crippen LogP contribution in [0.4, 0.5) is 14.6 Å². The van der Waals surface area contributed by atoms with E-state index in [4.69, 9.17) is 0 Å². The van der Waals surface area contributed by atoms with Crippen molar-refractivity contribution in [2.24, 2.45) is 0 Å². The van der Waals surface area contributed by atoms with Crippen molar-refractivity contribution in [2.75, 3.05) is 31.1 Å². The van der Waals surface area contributed by atoms with Gasteiger partial charge in [0.15, 0.2) is 0 Å². The highest BCUT2D eigenvalue weighted by Gasteiger charge is 2.37. The van der Waals surface area contributed by atoms with E-state index in [1.54, 1.807) is 11.3 Å². The summed E-state index contributed by atoms with van der Waals surface area (Å²) in [7, 11) is 0. The molecule has 2 aliphatic rings. The zero-order chi connectivity index (χ0) is 15.2. The second kappa shape index (κ2) is 5.38. The zero-order valence-corrected chi connectivity index (χ0v) is 13.1. The summed E-state index contributed by atoms with van der Waals surface area (Å²) in [5.74, 6) is -1.69. The van der Waals surface area contributed by atoms with Crippen molar-refractivity contribution in [3.05, 3.63) is 16.8 Å². The molecule has 1 aliphatic carbocycles.